The minimum atomic E-state index is -2.84. The maximum atomic E-state index is 14.1. The molecule has 1 saturated carbocycles. The minimum absolute atomic E-state index is 0.0171. The van der Waals surface area contributed by atoms with Crippen molar-refractivity contribution in [1.82, 2.24) is 15.6 Å². The fourth-order valence-corrected chi connectivity index (χ4v) is 4.24. The van der Waals surface area contributed by atoms with Crippen molar-refractivity contribution in [2.45, 2.75) is 56.7 Å². The first-order valence-electron chi connectivity index (χ1n) is 10.6. The monoisotopic (exact) mass is 460 g/mol. The predicted octanol–water partition coefficient (Wildman–Crippen LogP) is 2.80. The molecule has 1 aromatic heterocycles. The number of hydrogen-bond acceptors (Lipinski definition) is 4. The number of alkyl halides is 2. The van der Waals surface area contributed by atoms with Crippen molar-refractivity contribution in [3.05, 3.63) is 59.7 Å². The normalized spacial score (nSPS) is 20.5. The number of halogens is 3. The molecule has 0 spiro atoms. The van der Waals surface area contributed by atoms with Crippen LogP contribution in [0.15, 0.2) is 42.7 Å². The van der Waals surface area contributed by atoms with Crippen molar-refractivity contribution in [1.29, 1.82) is 0 Å². The van der Waals surface area contributed by atoms with Crippen LogP contribution in [0.4, 0.5) is 18.9 Å². The van der Waals surface area contributed by atoms with Gasteiger partial charge in [-0.1, -0.05) is 24.3 Å². The molecule has 2 fully saturated rings. The molecule has 0 radical (unpaired) electrons. The third-order valence-electron chi connectivity index (χ3n) is 5.93. The van der Waals surface area contributed by atoms with E-state index in [1.807, 2.05) is 0 Å². The highest BCUT2D eigenvalue weighted by molar-refractivity contribution is 6.05. The summed E-state index contributed by atoms with van der Waals surface area (Å²) in [6.45, 7) is 1.75. The molecule has 7 nitrogen and oxygen atoms in total. The summed E-state index contributed by atoms with van der Waals surface area (Å²) in [6, 6.07) is 4.97. The standard InChI is InChI=1S/C23H23F3N4O3/c1-13-4-2-3-5-17(13)20(21(32)28-15-9-23(25,26)10-15)30(16-8-14(24)11-27-12-16)22(33)18-6-7-19(31)29-18/h2-5,8,11-12,15,18,20H,6-7,9-10H2,1H3,(H,28,32)(H,29,31)/t18-,20?/m0/s1. The van der Waals surface area contributed by atoms with Gasteiger partial charge in [0.05, 0.1) is 18.1 Å². The molecule has 3 amide bonds. The summed E-state index contributed by atoms with van der Waals surface area (Å²) in [6.07, 6.45) is 1.58. The van der Waals surface area contributed by atoms with Gasteiger partial charge in [-0.3, -0.25) is 24.3 Å². The van der Waals surface area contributed by atoms with Crippen molar-refractivity contribution >= 4 is 23.4 Å². The fourth-order valence-electron chi connectivity index (χ4n) is 4.24. The van der Waals surface area contributed by atoms with Crippen LogP contribution in [0.25, 0.3) is 0 Å². The van der Waals surface area contributed by atoms with Crippen LogP contribution in [0.5, 0.6) is 0 Å². The number of carbonyl (C=O) groups excluding carboxylic acids is 3. The van der Waals surface area contributed by atoms with Crippen LogP contribution in [0.2, 0.25) is 0 Å². The van der Waals surface area contributed by atoms with Crippen molar-refractivity contribution in [2.75, 3.05) is 4.90 Å². The van der Waals surface area contributed by atoms with Crippen LogP contribution >= 0.6 is 0 Å². The number of anilines is 1. The maximum absolute atomic E-state index is 14.1. The van der Waals surface area contributed by atoms with Crippen molar-refractivity contribution in [3.8, 4) is 0 Å². The van der Waals surface area contributed by atoms with Crippen LogP contribution in [0, 0.1) is 12.7 Å². The number of nitrogens with zero attached hydrogens (tertiary/aromatic N) is 2. The number of pyridine rings is 1. The topological polar surface area (TPSA) is 91.4 Å². The van der Waals surface area contributed by atoms with Gasteiger partial charge in [-0.15, -0.1) is 0 Å². The molecule has 2 aromatic rings. The van der Waals surface area contributed by atoms with E-state index < -0.39 is 54.5 Å². The second kappa shape index (κ2) is 8.84. The van der Waals surface area contributed by atoms with Crippen LogP contribution < -0.4 is 15.5 Å². The van der Waals surface area contributed by atoms with Gasteiger partial charge < -0.3 is 10.6 Å². The number of carbonyl (C=O) groups is 3. The van der Waals surface area contributed by atoms with Gasteiger partial charge in [0.2, 0.25) is 11.8 Å². The molecular weight excluding hydrogens is 437 g/mol. The third-order valence-corrected chi connectivity index (χ3v) is 5.93. The quantitative estimate of drug-likeness (QED) is 0.694. The Morgan fingerprint density at radius 3 is 2.58 bits per heavy atom. The number of hydrogen-bond donors (Lipinski definition) is 2. The average Bonchev–Trinajstić information content (AvgIpc) is 3.17. The van der Waals surface area contributed by atoms with Gasteiger partial charge in [-0.2, -0.15) is 0 Å². The Labute approximate surface area is 188 Å². The number of aryl methyl sites for hydroxylation is 1. The molecule has 1 aliphatic carbocycles. The summed E-state index contributed by atoms with van der Waals surface area (Å²) in [4.78, 5) is 43.7. The first-order valence-corrected chi connectivity index (χ1v) is 10.6. The summed E-state index contributed by atoms with van der Waals surface area (Å²) in [7, 11) is 0. The van der Waals surface area contributed by atoms with Gasteiger partial charge >= 0.3 is 0 Å². The summed E-state index contributed by atoms with van der Waals surface area (Å²) in [5.41, 5.74) is 1.14. The zero-order valence-electron chi connectivity index (χ0n) is 17.9. The predicted molar refractivity (Wildman–Crippen MR) is 113 cm³/mol. The molecule has 2 atom stereocenters. The third kappa shape index (κ3) is 4.84. The molecule has 10 heteroatoms. The molecule has 1 saturated heterocycles. The molecule has 174 valence electrons. The summed E-state index contributed by atoms with van der Waals surface area (Å²) in [5, 5.41) is 5.18. The Morgan fingerprint density at radius 1 is 1.24 bits per heavy atom. The Hall–Kier alpha value is -3.43. The highest BCUT2D eigenvalue weighted by Crippen LogP contribution is 2.38. The number of nitrogens with one attached hydrogen (secondary N) is 2. The van der Waals surface area contributed by atoms with E-state index in [1.165, 1.54) is 6.20 Å². The minimum Gasteiger partial charge on any atom is -0.351 e. The van der Waals surface area contributed by atoms with E-state index in [0.29, 0.717) is 11.1 Å². The molecule has 0 bridgehead atoms. The van der Waals surface area contributed by atoms with Gasteiger partial charge in [0.25, 0.3) is 11.8 Å². The number of amides is 3. The average molecular weight is 460 g/mol. The largest absolute Gasteiger partial charge is 0.351 e. The SMILES string of the molecule is Cc1ccccc1C(C(=O)NC1CC(F)(F)C1)N(C(=O)[C@@H]1CCC(=O)N1)c1cncc(F)c1. The Morgan fingerprint density at radius 2 is 1.97 bits per heavy atom. The Kier molecular flexibility index (Phi) is 6.09. The van der Waals surface area contributed by atoms with Gasteiger partial charge in [-0.05, 0) is 24.5 Å². The molecule has 1 aliphatic heterocycles. The van der Waals surface area contributed by atoms with E-state index in [-0.39, 0.29) is 24.4 Å². The van der Waals surface area contributed by atoms with E-state index in [1.54, 1.807) is 31.2 Å². The molecule has 4 rings (SSSR count). The molecule has 1 unspecified atom stereocenters. The van der Waals surface area contributed by atoms with Crippen LogP contribution in [0.3, 0.4) is 0 Å². The Bertz CT molecular complexity index is 1090. The first-order chi connectivity index (χ1) is 15.6. The van der Waals surface area contributed by atoms with Gasteiger partial charge in [0, 0.05) is 31.4 Å². The second-order valence-corrected chi connectivity index (χ2v) is 8.46. The molecule has 2 N–H and O–H groups in total. The maximum Gasteiger partial charge on any atom is 0.252 e. The van der Waals surface area contributed by atoms with Gasteiger partial charge in [0.15, 0.2) is 0 Å². The fraction of sp³-hybridized carbons (Fsp3) is 0.391. The van der Waals surface area contributed by atoms with E-state index in [9.17, 15) is 27.6 Å². The zero-order valence-corrected chi connectivity index (χ0v) is 17.9. The van der Waals surface area contributed by atoms with Gasteiger partial charge in [-0.25, -0.2) is 13.2 Å². The molecule has 2 aliphatic rings. The van der Waals surface area contributed by atoms with E-state index in [2.05, 4.69) is 15.6 Å². The smallest absolute Gasteiger partial charge is 0.252 e. The molecule has 33 heavy (non-hydrogen) atoms. The van der Waals surface area contributed by atoms with Crippen molar-refractivity contribution in [2.24, 2.45) is 0 Å². The molecule has 1 aromatic carbocycles. The second-order valence-electron chi connectivity index (χ2n) is 8.46. The number of aromatic nitrogens is 1. The van der Waals surface area contributed by atoms with Crippen molar-refractivity contribution < 1.29 is 27.6 Å². The molecule has 2 heterocycles. The lowest BCUT2D eigenvalue weighted by Crippen LogP contribution is -2.55. The Balaban J connectivity index is 1.77. The lowest BCUT2D eigenvalue weighted by Gasteiger charge is -2.38. The van der Waals surface area contributed by atoms with E-state index in [4.69, 9.17) is 0 Å². The number of rotatable bonds is 6. The van der Waals surface area contributed by atoms with Crippen LogP contribution in [-0.2, 0) is 14.4 Å². The molecular formula is C23H23F3N4O3. The van der Waals surface area contributed by atoms with E-state index >= 15 is 0 Å². The highest BCUT2D eigenvalue weighted by Gasteiger charge is 2.47. The van der Waals surface area contributed by atoms with Gasteiger partial charge in [0.1, 0.15) is 17.9 Å². The zero-order chi connectivity index (χ0) is 23.8. The lowest BCUT2D eigenvalue weighted by atomic mass is 9.87. The summed E-state index contributed by atoms with van der Waals surface area (Å²) in [5.74, 6) is -5.16. The first kappa shape index (κ1) is 22.8. The van der Waals surface area contributed by atoms with Crippen LogP contribution in [-0.4, -0.2) is 40.7 Å². The van der Waals surface area contributed by atoms with Crippen molar-refractivity contribution in [3.63, 3.8) is 0 Å². The van der Waals surface area contributed by atoms with Crippen LogP contribution in [0.1, 0.15) is 42.9 Å². The highest BCUT2D eigenvalue weighted by atomic mass is 19.3. The number of benzene rings is 1. The summed E-state index contributed by atoms with van der Waals surface area (Å²) < 4.78 is 40.8. The van der Waals surface area contributed by atoms with E-state index in [0.717, 1.165) is 17.2 Å². The summed E-state index contributed by atoms with van der Waals surface area (Å²) >= 11 is 0. The lowest BCUT2D eigenvalue weighted by molar-refractivity contribution is -0.133.